The molecule has 0 aromatic heterocycles. The number of rotatable bonds is 0. The molecule has 4 aliphatic rings. The Kier molecular flexibility index (Phi) is 5.15. The van der Waals surface area contributed by atoms with E-state index < -0.39 is 10.2 Å². The Hall–Kier alpha value is -0.440. The Labute approximate surface area is 138 Å². The van der Waals surface area contributed by atoms with Gasteiger partial charge in [-0.2, -0.15) is 14.0 Å². The number of amides is 1. The van der Waals surface area contributed by atoms with Crippen LogP contribution in [0.1, 0.15) is 44.9 Å². The van der Waals surface area contributed by atoms with Gasteiger partial charge in [0.15, 0.2) is 0 Å². The summed E-state index contributed by atoms with van der Waals surface area (Å²) >= 11 is 0. The summed E-state index contributed by atoms with van der Waals surface area (Å²) in [5.74, 6) is 2.01. The zero-order valence-electron chi connectivity index (χ0n) is 13.2. The SMILES string of the molecule is O=C1CCC[C@@H]2C3CC(CN12)[C@@H]1CCCCN1C3.[O-][Cl+3]([O-])([O-])O. The van der Waals surface area contributed by atoms with Gasteiger partial charge in [-0.05, 0) is 50.5 Å². The highest BCUT2D eigenvalue weighted by molar-refractivity contribution is 5.77. The molecule has 1 N–H and O–H groups in total. The largest absolute Gasteiger partial charge is 0.339 e. The highest BCUT2D eigenvalue weighted by Crippen LogP contribution is 2.42. The number of carbonyl (C=O) groups is 1. The Balaban J connectivity index is 0.000000276. The number of fused-ring (bicyclic) bond motifs is 6. The molecule has 0 aliphatic carbocycles. The minimum absolute atomic E-state index is 0.449. The second kappa shape index (κ2) is 6.82. The molecule has 8 heteroatoms. The summed E-state index contributed by atoms with van der Waals surface area (Å²) in [6.45, 7) is 3.66. The number of halogens is 1. The molecule has 0 aromatic rings. The minimum atomic E-state index is -4.69. The summed E-state index contributed by atoms with van der Waals surface area (Å²) in [4.78, 5) is 17.2. The maximum absolute atomic E-state index is 12.1. The van der Waals surface area contributed by atoms with Gasteiger partial charge in [0.2, 0.25) is 5.91 Å². The Morgan fingerprint density at radius 3 is 2.39 bits per heavy atom. The number of hydrogen-bond acceptors (Lipinski definition) is 6. The van der Waals surface area contributed by atoms with Gasteiger partial charge in [0.25, 0.3) is 0 Å². The average Bonchev–Trinajstić information content (AvgIpc) is 2.47. The molecule has 4 atom stereocenters. The predicted molar refractivity (Wildman–Crippen MR) is 72.4 cm³/mol. The van der Waals surface area contributed by atoms with Gasteiger partial charge >= 0.3 is 0 Å². The topological polar surface area (TPSA) is 113 Å². The van der Waals surface area contributed by atoms with Gasteiger partial charge in [-0.1, -0.05) is 6.42 Å². The van der Waals surface area contributed by atoms with E-state index in [1.807, 2.05) is 0 Å². The highest BCUT2D eigenvalue weighted by Gasteiger charge is 2.47. The molecule has 132 valence electrons. The number of hydrogen-bond donors (Lipinski definition) is 1. The van der Waals surface area contributed by atoms with Crippen LogP contribution in [-0.2, 0) is 4.79 Å². The first-order chi connectivity index (χ1) is 10.8. The smallest absolute Gasteiger partial charge is 0.222 e. The van der Waals surface area contributed by atoms with Crippen molar-refractivity contribution in [1.82, 2.24) is 9.80 Å². The van der Waals surface area contributed by atoms with Gasteiger partial charge in [0, 0.05) is 31.6 Å². The zero-order chi connectivity index (χ0) is 16.6. The van der Waals surface area contributed by atoms with Crippen molar-refractivity contribution in [3.05, 3.63) is 0 Å². The monoisotopic (exact) mass is 348 g/mol. The molecule has 2 unspecified atom stereocenters. The van der Waals surface area contributed by atoms with Crippen LogP contribution in [0.25, 0.3) is 0 Å². The van der Waals surface area contributed by atoms with E-state index in [0.29, 0.717) is 11.9 Å². The van der Waals surface area contributed by atoms with E-state index in [4.69, 9.17) is 18.6 Å². The first-order valence-corrected chi connectivity index (χ1v) is 9.76. The molecule has 23 heavy (non-hydrogen) atoms. The molecule has 0 radical (unpaired) electrons. The van der Waals surface area contributed by atoms with Crippen LogP contribution in [0.2, 0.25) is 0 Å². The van der Waals surface area contributed by atoms with Crippen molar-refractivity contribution < 1.29 is 33.7 Å². The van der Waals surface area contributed by atoms with Gasteiger partial charge < -0.3 is 4.90 Å². The van der Waals surface area contributed by atoms with E-state index in [-0.39, 0.29) is 0 Å². The fourth-order valence-corrected chi connectivity index (χ4v) is 5.10. The lowest BCUT2D eigenvalue weighted by molar-refractivity contribution is -1.92. The molecular formula is C15H25ClN2O5. The fourth-order valence-electron chi connectivity index (χ4n) is 5.10. The van der Waals surface area contributed by atoms with Crippen LogP contribution in [0.5, 0.6) is 0 Å². The van der Waals surface area contributed by atoms with E-state index in [1.165, 1.54) is 45.2 Å². The van der Waals surface area contributed by atoms with Crippen molar-refractivity contribution in [2.75, 3.05) is 19.6 Å². The zero-order valence-corrected chi connectivity index (χ0v) is 14.0. The van der Waals surface area contributed by atoms with Gasteiger partial charge in [-0.15, -0.1) is 0 Å². The molecule has 1 amide bonds. The maximum Gasteiger partial charge on any atom is 0.222 e. The second-order valence-corrected chi connectivity index (χ2v) is 8.01. The summed E-state index contributed by atoms with van der Waals surface area (Å²) < 4.78 is 32.7. The van der Waals surface area contributed by atoms with Crippen LogP contribution in [0, 0.1) is 22.1 Å². The first-order valence-electron chi connectivity index (χ1n) is 8.49. The van der Waals surface area contributed by atoms with Crippen molar-refractivity contribution in [3.8, 4) is 0 Å². The molecule has 7 nitrogen and oxygen atoms in total. The van der Waals surface area contributed by atoms with Crippen LogP contribution in [-0.4, -0.2) is 52.1 Å². The van der Waals surface area contributed by atoms with Crippen LogP contribution in [0.4, 0.5) is 0 Å². The van der Waals surface area contributed by atoms with E-state index >= 15 is 0 Å². The summed E-state index contributed by atoms with van der Waals surface area (Å²) in [5, 5.41) is 0. The van der Waals surface area contributed by atoms with Crippen molar-refractivity contribution in [3.63, 3.8) is 0 Å². The van der Waals surface area contributed by atoms with Crippen LogP contribution >= 0.6 is 0 Å². The minimum Gasteiger partial charge on any atom is -0.339 e. The van der Waals surface area contributed by atoms with Crippen LogP contribution in [0.3, 0.4) is 0 Å². The molecule has 4 saturated heterocycles. The van der Waals surface area contributed by atoms with E-state index in [0.717, 1.165) is 37.3 Å². The fraction of sp³-hybridized carbons (Fsp3) is 0.933. The van der Waals surface area contributed by atoms with E-state index in [1.54, 1.807) is 0 Å². The van der Waals surface area contributed by atoms with Crippen molar-refractivity contribution >= 4 is 5.91 Å². The van der Waals surface area contributed by atoms with Crippen LogP contribution < -0.4 is 14.0 Å². The van der Waals surface area contributed by atoms with Gasteiger partial charge in [-0.3, -0.25) is 9.69 Å². The Bertz CT molecular complexity index is 438. The molecular weight excluding hydrogens is 324 g/mol. The number of piperidine rings is 4. The van der Waals surface area contributed by atoms with Crippen molar-refractivity contribution in [2.24, 2.45) is 11.8 Å². The third kappa shape index (κ3) is 4.15. The van der Waals surface area contributed by atoms with Gasteiger partial charge in [0.1, 0.15) is 0 Å². The Morgan fingerprint density at radius 2 is 1.65 bits per heavy atom. The molecule has 4 rings (SSSR count). The maximum atomic E-state index is 12.1. The third-order valence-corrected chi connectivity index (χ3v) is 5.87. The standard InChI is InChI=1S/C15H24N2O.ClHO4/c18-15-6-3-5-14-11-8-12(10-17(14)15)13-4-1-2-7-16(13)9-11;2-1(3,4)5/h11-14H,1-10H2;(H,2,3,4,5)/t11?,12?,13-,14+;/m0./s1. The lowest BCUT2D eigenvalue weighted by atomic mass is 9.71. The Morgan fingerprint density at radius 1 is 1.00 bits per heavy atom. The van der Waals surface area contributed by atoms with Crippen molar-refractivity contribution in [1.29, 1.82) is 0 Å². The summed E-state index contributed by atoms with van der Waals surface area (Å²) in [6, 6.07) is 1.39. The lowest BCUT2D eigenvalue weighted by Gasteiger charge is -2.56. The second-order valence-electron chi connectivity index (χ2n) is 7.22. The molecule has 2 bridgehead atoms. The summed E-state index contributed by atoms with van der Waals surface area (Å²) in [6.07, 6.45) is 8.78. The highest BCUT2D eigenvalue weighted by atomic mass is 35.7. The number of nitrogens with zero attached hydrogens (tertiary/aromatic N) is 2. The average molecular weight is 349 g/mol. The molecule has 4 aliphatic heterocycles. The van der Waals surface area contributed by atoms with Gasteiger partial charge in [-0.25, -0.2) is 0 Å². The van der Waals surface area contributed by atoms with E-state index in [2.05, 4.69) is 9.80 Å². The first kappa shape index (κ1) is 17.4. The normalized spacial score (nSPS) is 37.4. The van der Waals surface area contributed by atoms with E-state index in [9.17, 15) is 4.79 Å². The molecule has 0 spiro atoms. The summed E-state index contributed by atoms with van der Waals surface area (Å²) in [7, 11) is -4.69. The molecule has 4 fully saturated rings. The quantitative estimate of drug-likeness (QED) is 0.529. The third-order valence-electron chi connectivity index (χ3n) is 5.87. The van der Waals surface area contributed by atoms with Crippen LogP contribution in [0.15, 0.2) is 0 Å². The molecule has 4 heterocycles. The predicted octanol–water partition coefficient (Wildman–Crippen LogP) is -2.25. The number of carbonyl (C=O) groups excluding carboxylic acids is 1. The molecule has 0 saturated carbocycles. The lowest BCUT2D eigenvalue weighted by Crippen LogP contribution is -2.64. The van der Waals surface area contributed by atoms with Crippen molar-refractivity contribution in [2.45, 2.75) is 57.0 Å². The molecule has 0 aromatic carbocycles. The van der Waals surface area contributed by atoms with Gasteiger partial charge in [0.05, 0.1) is 14.9 Å². The summed E-state index contributed by atoms with van der Waals surface area (Å²) in [5.41, 5.74) is 0.